The van der Waals surface area contributed by atoms with Gasteiger partial charge < -0.3 is 21.1 Å². The molecule has 4 N–H and O–H groups in total. The van der Waals surface area contributed by atoms with Crippen molar-refractivity contribution in [2.24, 2.45) is 0 Å². The summed E-state index contributed by atoms with van der Waals surface area (Å²) in [5, 5.41) is 6.76. The molecule has 0 aliphatic rings. The summed E-state index contributed by atoms with van der Waals surface area (Å²) in [4.78, 5) is 8.73. The van der Waals surface area contributed by atoms with Gasteiger partial charge in [0.15, 0.2) is 11.6 Å². The Bertz CT molecular complexity index is 1060. The Kier molecular flexibility index (Phi) is 6.28. The summed E-state index contributed by atoms with van der Waals surface area (Å²) in [5.74, 6) is 1.93. The molecule has 0 radical (unpaired) electrons. The molecular formula is C25H25N5O. The Hall–Kier alpha value is -4.06. The SMILES string of the molecule is CCOc1ccc(Nc2ncnc(NC(c3ccccc3)c3ccccc3)c2N)cc1. The van der Waals surface area contributed by atoms with E-state index in [9.17, 15) is 0 Å². The van der Waals surface area contributed by atoms with Crippen LogP contribution >= 0.6 is 0 Å². The minimum atomic E-state index is -0.0991. The van der Waals surface area contributed by atoms with Gasteiger partial charge in [-0.1, -0.05) is 60.7 Å². The highest BCUT2D eigenvalue weighted by molar-refractivity contribution is 5.78. The summed E-state index contributed by atoms with van der Waals surface area (Å²) in [6, 6.07) is 28.0. The molecule has 0 spiro atoms. The van der Waals surface area contributed by atoms with Gasteiger partial charge in [0.05, 0.1) is 12.6 Å². The van der Waals surface area contributed by atoms with E-state index in [0.717, 1.165) is 22.6 Å². The molecule has 0 amide bonds. The van der Waals surface area contributed by atoms with Gasteiger partial charge in [-0.25, -0.2) is 9.97 Å². The lowest BCUT2D eigenvalue weighted by Crippen LogP contribution is -2.15. The first-order chi connectivity index (χ1) is 15.2. The molecule has 4 aromatic rings. The van der Waals surface area contributed by atoms with Crippen LogP contribution in [0.2, 0.25) is 0 Å². The van der Waals surface area contributed by atoms with Gasteiger partial charge >= 0.3 is 0 Å². The molecule has 0 fully saturated rings. The first-order valence-electron chi connectivity index (χ1n) is 10.2. The van der Waals surface area contributed by atoms with Crippen LogP contribution in [0, 0.1) is 0 Å². The first-order valence-corrected chi connectivity index (χ1v) is 10.2. The predicted octanol–water partition coefficient (Wildman–Crippen LogP) is 5.40. The summed E-state index contributed by atoms with van der Waals surface area (Å²) in [5.41, 5.74) is 9.99. The number of anilines is 4. The Morgan fingerprint density at radius 1 is 0.806 bits per heavy atom. The van der Waals surface area contributed by atoms with Crippen LogP contribution < -0.4 is 21.1 Å². The molecule has 6 heteroatoms. The number of hydrogen-bond acceptors (Lipinski definition) is 6. The number of nitrogens with two attached hydrogens (primary N) is 1. The maximum absolute atomic E-state index is 6.44. The Balaban J connectivity index is 1.60. The van der Waals surface area contributed by atoms with Crippen LogP contribution in [0.3, 0.4) is 0 Å². The van der Waals surface area contributed by atoms with E-state index in [4.69, 9.17) is 10.5 Å². The largest absolute Gasteiger partial charge is 0.494 e. The number of aromatic nitrogens is 2. The van der Waals surface area contributed by atoms with E-state index >= 15 is 0 Å². The number of nitrogens with zero attached hydrogens (tertiary/aromatic N) is 2. The Labute approximate surface area is 182 Å². The molecule has 0 bridgehead atoms. The van der Waals surface area contributed by atoms with Crippen molar-refractivity contribution in [3.05, 3.63) is 102 Å². The molecule has 1 heterocycles. The van der Waals surface area contributed by atoms with Crippen molar-refractivity contribution >= 4 is 23.0 Å². The van der Waals surface area contributed by atoms with Gasteiger partial charge in [0.25, 0.3) is 0 Å². The zero-order chi connectivity index (χ0) is 21.5. The summed E-state index contributed by atoms with van der Waals surface area (Å²) in [7, 11) is 0. The highest BCUT2D eigenvalue weighted by Crippen LogP contribution is 2.31. The van der Waals surface area contributed by atoms with Gasteiger partial charge in [-0.05, 0) is 42.3 Å². The molecule has 31 heavy (non-hydrogen) atoms. The molecule has 0 aliphatic heterocycles. The second-order valence-electron chi connectivity index (χ2n) is 6.97. The van der Waals surface area contributed by atoms with Gasteiger partial charge in [0.2, 0.25) is 0 Å². The van der Waals surface area contributed by atoms with Gasteiger partial charge in [0, 0.05) is 5.69 Å². The molecular weight excluding hydrogens is 386 g/mol. The summed E-state index contributed by atoms with van der Waals surface area (Å²) < 4.78 is 5.49. The lowest BCUT2D eigenvalue weighted by molar-refractivity contribution is 0.340. The van der Waals surface area contributed by atoms with Crippen molar-refractivity contribution in [1.29, 1.82) is 0 Å². The number of nitrogens with one attached hydrogen (secondary N) is 2. The van der Waals surface area contributed by atoms with Crippen LogP contribution in [0.25, 0.3) is 0 Å². The van der Waals surface area contributed by atoms with Gasteiger partial charge in [-0.3, -0.25) is 0 Å². The first kappa shape index (κ1) is 20.2. The van der Waals surface area contributed by atoms with E-state index in [1.54, 1.807) is 0 Å². The average molecular weight is 412 g/mol. The minimum absolute atomic E-state index is 0.0991. The third kappa shape index (κ3) is 4.93. The van der Waals surface area contributed by atoms with Crippen molar-refractivity contribution in [3.8, 4) is 5.75 Å². The van der Waals surface area contributed by atoms with Gasteiger partial charge in [-0.2, -0.15) is 0 Å². The summed E-state index contributed by atoms with van der Waals surface area (Å²) in [6.07, 6.45) is 1.50. The molecule has 0 atom stereocenters. The normalized spacial score (nSPS) is 10.6. The van der Waals surface area contributed by atoms with Gasteiger partial charge in [-0.15, -0.1) is 0 Å². The van der Waals surface area contributed by atoms with Crippen molar-refractivity contribution in [2.75, 3.05) is 23.0 Å². The second-order valence-corrected chi connectivity index (χ2v) is 6.97. The van der Waals surface area contributed by atoms with Crippen molar-refractivity contribution in [1.82, 2.24) is 9.97 Å². The summed E-state index contributed by atoms with van der Waals surface area (Å²) >= 11 is 0. The zero-order valence-electron chi connectivity index (χ0n) is 17.3. The van der Waals surface area contributed by atoms with E-state index in [0.29, 0.717) is 23.9 Å². The molecule has 3 aromatic carbocycles. The number of ether oxygens (including phenoxy) is 1. The number of rotatable bonds is 8. The fraction of sp³-hybridized carbons (Fsp3) is 0.120. The highest BCUT2D eigenvalue weighted by atomic mass is 16.5. The predicted molar refractivity (Wildman–Crippen MR) is 126 cm³/mol. The smallest absolute Gasteiger partial charge is 0.159 e. The van der Waals surface area contributed by atoms with Gasteiger partial charge in [0.1, 0.15) is 17.8 Å². The lowest BCUT2D eigenvalue weighted by atomic mass is 9.99. The van der Waals surface area contributed by atoms with Crippen LogP contribution in [0.15, 0.2) is 91.3 Å². The fourth-order valence-corrected chi connectivity index (χ4v) is 3.33. The van der Waals surface area contributed by atoms with Crippen LogP contribution in [0.5, 0.6) is 5.75 Å². The molecule has 4 rings (SSSR count). The third-order valence-electron chi connectivity index (χ3n) is 4.86. The maximum Gasteiger partial charge on any atom is 0.159 e. The fourth-order valence-electron chi connectivity index (χ4n) is 3.33. The molecule has 156 valence electrons. The molecule has 0 saturated carbocycles. The molecule has 0 unspecified atom stereocenters. The van der Waals surface area contributed by atoms with Crippen molar-refractivity contribution in [3.63, 3.8) is 0 Å². The van der Waals surface area contributed by atoms with Crippen molar-refractivity contribution < 1.29 is 4.74 Å². The maximum atomic E-state index is 6.44. The van der Waals surface area contributed by atoms with E-state index in [1.165, 1.54) is 6.33 Å². The third-order valence-corrected chi connectivity index (χ3v) is 4.86. The number of nitrogen functional groups attached to an aromatic ring is 1. The van der Waals surface area contributed by atoms with E-state index < -0.39 is 0 Å². The van der Waals surface area contributed by atoms with Crippen LogP contribution in [-0.4, -0.2) is 16.6 Å². The van der Waals surface area contributed by atoms with Crippen LogP contribution in [-0.2, 0) is 0 Å². The zero-order valence-corrected chi connectivity index (χ0v) is 17.3. The van der Waals surface area contributed by atoms with E-state index in [-0.39, 0.29) is 6.04 Å². The summed E-state index contributed by atoms with van der Waals surface area (Å²) in [6.45, 7) is 2.59. The topological polar surface area (TPSA) is 85.1 Å². The number of benzene rings is 3. The second kappa shape index (κ2) is 9.63. The molecule has 0 aliphatic carbocycles. The highest BCUT2D eigenvalue weighted by Gasteiger charge is 2.17. The standard InChI is InChI=1S/C25H25N5O/c1-2-31-21-15-13-20(14-16-21)29-24-22(26)25(28-17-27-24)30-23(18-9-5-3-6-10-18)19-11-7-4-8-12-19/h3-17,23H,2,26H2,1H3,(H2,27,28,29,30). The van der Waals surface area contributed by atoms with Crippen molar-refractivity contribution in [2.45, 2.75) is 13.0 Å². The molecule has 6 nitrogen and oxygen atoms in total. The molecule has 0 saturated heterocycles. The Morgan fingerprint density at radius 2 is 1.39 bits per heavy atom. The van der Waals surface area contributed by atoms with E-state index in [2.05, 4.69) is 44.9 Å². The number of hydrogen-bond donors (Lipinski definition) is 3. The Morgan fingerprint density at radius 3 is 1.97 bits per heavy atom. The quantitative estimate of drug-likeness (QED) is 0.360. The molecule has 1 aromatic heterocycles. The minimum Gasteiger partial charge on any atom is -0.494 e. The van der Waals surface area contributed by atoms with Crippen LogP contribution in [0.1, 0.15) is 24.1 Å². The van der Waals surface area contributed by atoms with E-state index in [1.807, 2.05) is 67.6 Å². The monoisotopic (exact) mass is 411 g/mol. The average Bonchev–Trinajstić information content (AvgIpc) is 2.82. The van der Waals surface area contributed by atoms with Crippen LogP contribution in [0.4, 0.5) is 23.0 Å². The lowest BCUT2D eigenvalue weighted by Gasteiger charge is -2.22.